The van der Waals surface area contributed by atoms with Crippen molar-refractivity contribution in [3.8, 4) is 11.4 Å². The number of halogens is 1. The number of hydrogen-bond acceptors (Lipinski definition) is 3. The zero-order valence-electron chi connectivity index (χ0n) is 10.3. The molecule has 98 valence electrons. The summed E-state index contributed by atoms with van der Waals surface area (Å²) in [6, 6.07) is 5.55. The molecule has 0 aliphatic rings. The quantitative estimate of drug-likeness (QED) is 0.889. The van der Waals surface area contributed by atoms with Crippen LogP contribution in [0.15, 0.2) is 27.5 Å². The van der Waals surface area contributed by atoms with Crippen LogP contribution < -0.4 is 5.56 Å². The van der Waals surface area contributed by atoms with Crippen LogP contribution in [0.2, 0.25) is 0 Å². The summed E-state index contributed by atoms with van der Waals surface area (Å²) in [7, 11) is 0. The summed E-state index contributed by atoms with van der Waals surface area (Å²) in [5.41, 5.74) is 0.935. The highest BCUT2D eigenvalue weighted by atomic mass is 79.9. The van der Waals surface area contributed by atoms with Crippen molar-refractivity contribution < 1.29 is 9.90 Å². The average molecular weight is 323 g/mol. The lowest BCUT2D eigenvalue weighted by Crippen LogP contribution is -2.21. The Bertz CT molecular complexity index is 722. The maximum Gasteiger partial charge on any atom is 0.343 e. The van der Waals surface area contributed by atoms with Gasteiger partial charge < -0.3 is 10.1 Å². The van der Waals surface area contributed by atoms with Gasteiger partial charge in [0, 0.05) is 10.0 Å². The standard InChI is InChI=1S/C13H11BrN2O3/c1-6-5-8(14)3-4-9(6)11-15-7(2)10(13(18)19)12(17)16-11/h3-5H,1-2H3,(H,18,19)(H,15,16,17). The maximum atomic E-state index is 11.8. The van der Waals surface area contributed by atoms with Crippen LogP contribution in [0, 0.1) is 13.8 Å². The van der Waals surface area contributed by atoms with Gasteiger partial charge in [-0.2, -0.15) is 0 Å². The fraction of sp³-hybridized carbons (Fsp3) is 0.154. The number of carboxylic acids is 1. The molecule has 5 nitrogen and oxygen atoms in total. The molecule has 0 saturated heterocycles. The van der Waals surface area contributed by atoms with Crippen molar-refractivity contribution in [3.05, 3.63) is 49.8 Å². The predicted octanol–water partition coefficient (Wildman–Crippen LogP) is 2.51. The molecule has 0 spiro atoms. The van der Waals surface area contributed by atoms with E-state index in [-0.39, 0.29) is 11.3 Å². The number of carbonyl (C=O) groups is 1. The number of nitrogens with one attached hydrogen (secondary N) is 1. The Labute approximate surface area is 117 Å². The number of carboxylic acid groups (broad SMARTS) is 1. The molecule has 0 amide bonds. The number of aromatic carboxylic acids is 1. The molecule has 0 unspecified atom stereocenters. The van der Waals surface area contributed by atoms with E-state index in [0.717, 1.165) is 15.6 Å². The van der Waals surface area contributed by atoms with E-state index in [0.29, 0.717) is 5.82 Å². The van der Waals surface area contributed by atoms with Crippen molar-refractivity contribution >= 4 is 21.9 Å². The van der Waals surface area contributed by atoms with E-state index in [2.05, 4.69) is 25.9 Å². The minimum Gasteiger partial charge on any atom is -0.477 e. The summed E-state index contributed by atoms with van der Waals surface area (Å²) in [6.45, 7) is 3.40. The van der Waals surface area contributed by atoms with Crippen LogP contribution >= 0.6 is 15.9 Å². The fourth-order valence-corrected chi connectivity index (χ4v) is 2.33. The van der Waals surface area contributed by atoms with Gasteiger partial charge in [0.05, 0.1) is 5.69 Å². The number of hydrogen-bond donors (Lipinski definition) is 2. The number of nitrogens with zero attached hydrogens (tertiary/aromatic N) is 1. The third-order valence-electron chi connectivity index (χ3n) is 2.76. The molecule has 1 heterocycles. The van der Waals surface area contributed by atoms with Gasteiger partial charge in [0.15, 0.2) is 0 Å². The van der Waals surface area contributed by atoms with E-state index in [1.54, 1.807) is 0 Å². The van der Waals surface area contributed by atoms with E-state index < -0.39 is 11.5 Å². The van der Waals surface area contributed by atoms with Crippen molar-refractivity contribution in [1.82, 2.24) is 9.97 Å². The second kappa shape index (κ2) is 4.97. The van der Waals surface area contributed by atoms with Crippen LogP contribution in [0.4, 0.5) is 0 Å². The SMILES string of the molecule is Cc1cc(Br)ccc1-c1nc(C)c(C(=O)O)c(=O)[nH]1. The number of rotatable bonds is 2. The van der Waals surface area contributed by atoms with Gasteiger partial charge in [-0.3, -0.25) is 4.79 Å². The highest BCUT2D eigenvalue weighted by Crippen LogP contribution is 2.23. The minimum absolute atomic E-state index is 0.202. The van der Waals surface area contributed by atoms with Crippen molar-refractivity contribution in [1.29, 1.82) is 0 Å². The van der Waals surface area contributed by atoms with E-state index in [1.807, 2.05) is 25.1 Å². The Morgan fingerprint density at radius 3 is 2.58 bits per heavy atom. The first-order valence-corrected chi connectivity index (χ1v) is 6.30. The third-order valence-corrected chi connectivity index (χ3v) is 3.25. The summed E-state index contributed by atoms with van der Waals surface area (Å²) in [4.78, 5) is 29.4. The Morgan fingerprint density at radius 2 is 2.05 bits per heavy atom. The normalized spacial score (nSPS) is 10.5. The smallest absolute Gasteiger partial charge is 0.343 e. The topological polar surface area (TPSA) is 83.0 Å². The first kappa shape index (κ1) is 13.5. The summed E-state index contributed by atoms with van der Waals surface area (Å²) in [5, 5.41) is 8.93. The third kappa shape index (κ3) is 2.58. The number of aromatic amines is 1. The fourth-order valence-electron chi connectivity index (χ4n) is 1.86. The van der Waals surface area contributed by atoms with Gasteiger partial charge >= 0.3 is 5.97 Å². The number of aryl methyl sites for hydroxylation is 2. The highest BCUT2D eigenvalue weighted by Gasteiger charge is 2.16. The maximum absolute atomic E-state index is 11.8. The van der Waals surface area contributed by atoms with Crippen LogP contribution in [0.1, 0.15) is 21.6 Å². The van der Waals surface area contributed by atoms with Crippen LogP contribution in [0.5, 0.6) is 0 Å². The molecule has 6 heteroatoms. The Balaban J connectivity index is 2.65. The van der Waals surface area contributed by atoms with Crippen LogP contribution in [0.25, 0.3) is 11.4 Å². The average Bonchev–Trinajstić information content (AvgIpc) is 2.26. The molecular weight excluding hydrogens is 312 g/mol. The van der Waals surface area contributed by atoms with Crippen LogP contribution in [-0.2, 0) is 0 Å². The van der Waals surface area contributed by atoms with Crippen molar-refractivity contribution in [2.75, 3.05) is 0 Å². The first-order chi connectivity index (χ1) is 8.90. The molecule has 0 saturated carbocycles. The Hall–Kier alpha value is -1.95. The zero-order chi connectivity index (χ0) is 14.2. The molecule has 0 radical (unpaired) electrons. The molecule has 2 N–H and O–H groups in total. The summed E-state index contributed by atoms with van der Waals surface area (Å²) < 4.78 is 0.926. The molecule has 0 bridgehead atoms. The van der Waals surface area contributed by atoms with E-state index in [9.17, 15) is 9.59 Å². The first-order valence-electron chi connectivity index (χ1n) is 5.51. The molecule has 1 aromatic heterocycles. The van der Waals surface area contributed by atoms with Gasteiger partial charge in [-0.1, -0.05) is 15.9 Å². The lowest BCUT2D eigenvalue weighted by Gasteiger charge is -2.07. The number of benzene rings is 1. The lowest BCUT2D eigenvalue weighted by atomic mass is 10.1. The van der Waals surface area contributed by atoms with Crippen molar-refractivity contribution in [2.45, 2.75) is 13.8 Å². The largest absolute Gasteiger partial charge is 0.477 e. The molecule has 2 rings (SSSR count). The second-order valence-electron chi connectivity index (χ2n) is 4.14. The molecule has 19 heavy (non-hydrogen) atoms. The number of H-pyrrole nitrogens is 1. The van der Waals surface area contributed by atoms with Gasteiger partial charge in [-0.05, 0) is 37.6 Å². The Morgan fingerprint density at radius 1 is 1.37 bits per heavy atom. The van der Waals surface area contributed by atoms with Crippen LogP contribution in [0.3, 0.4) is 0 Å². The minimum atomic E-state index is -1.27. The molecular formula is C13H11BrN2O3. The van der Waals surface area contributed by atoms with E-state index >= 15 is 0 Å². The van der Waals surface area contributed by atoms with Gasteiger partial charge in [-0.15, -0.1) is 0 Å². The Kier molecular flexibility index (Phi) is 3.53. The van der Waals surface area contributed by atoms with Gasteiger partial charge in [-0.25, -0.2) is 9.78 Å². The van der Waals surface area contributed by atoms with Crippen LogP contribution in [-0.4, -0.2) is 21.0 Å². The molecule has 0 atom stereocenters. The predicted molar refractivity (Wildman–Crippen MR) is 74.4 cm³/mol. The molecule has 2 aromatic rings. The highest BCUT2D eigenvalue weighted by molar-refractivity contribution is 9.10. The summed E-state index contributed by atoms with van der Waals surface area (Å²) in [5.74, 6) is -0.900. The lowest BCUT2D eigenvalue weighted by molar-refractivity contribution is 0.0693. The molecule has 0 aliphatic carbocycles. The van der Waals surface area contributed by atoms with Crippen molar-refractivity contribution in [3.63, 3.8) is 0 Å². The summed E-state index contributed by atoms with van der Waals surface area (Å²) in [6.07, 6.45) is 0. The summed E-state index contributed by atoms with van der Waals surface area (Å²) >= 11 is 3.36. The molecule has 0 aliphatic heterocycles. The molecule has 1 aromatic carbocycles. The molecule has 0 fully saturated rings. The van der Waals surface area contributed by atoms with Gasteiger partial charge in [0.2, 0.25) is 0 Å². The zero-order valence-corrected chi connectivity index (χ0v) is 11.9. The second-order valence-corrected chi connectivity index (χ2v) is 5.06. The van der Waals surface area contributed by atoms with E-state index in [1.165, 1.54) is 6.92 Å². The van der Waals surface area contributed by atoms with Gasteiger partial charge in [0.25, 0.3) is 5.56 Å². The monoisotopic (exact) mass is 322 g/mol. The van der Waals surface area contributed by atoms with Gasteiger partial charge in [0.1, 0.15) is 11.4 Å². The van der Waals surface area contributed by atoms with Crippen molar-refractivity contribution in [2.24, 2.45) is 0 Å². The number of aromatic nitrogens is 2. The van der Waals surface area contributed by atoms with E-state index in [4.69, 9.17) is 5.11 Å².